The second-order valence-corrected chi connectivity index (χ2v) is 10.4. The number of aromatic nitrogens is 1. The maximum absolute atomic E-state index is 13.8. The first-order valence-corrected chi connectivity index (χ1v) is 12.8. The molecule has 200 valence electrons. The Labute approximate surface area is 216 Å². The van der Waals surface area contributed by atoms with Crippen molar-refractivity contribution in [2.24, 2.45) is 5.92 Å². The van der Waals surface area contributed by atoms with Gasteiger partial charge < -0.3 is 18.6 Å². The van der Waals surface area contributed by atoms with E-state index in [0.717, 1.165) is 4.31 Å². The third-order valence-corrected chi connectivity index (χ3v) is 7.66. The van der Waals surface area contributed by atoms with Crippen LogP contribution in [0.3, 0.4) is 0 Å². The zero-order valence-corrected chi connectivity index (χ0v) is 22.3. The van der Waals surface area contributed by atoms with E-state index in [0.29, 0.717) is 34.3 Å². The summed E-state index contributed by atoms with van der Waals surface area (Å²) in [6, 6.07) is 9.69. The average molecular weight is 534 g/mol. The number of amides is 1. The van der Waals surface area contributed by atoms with Gasteiger partial charge in [-0.15, -0.1) is 0 Å². The monoisotopic (exact) mass is 533 g/mol. The largest absolute Gasteiger partial charge is 0.497 e. The minimum absolute atomic E-state index is 0.0500. The van der Waals surface area contributed by atoms with Crippen molar-refractivity contribution >= 4 is 15.9 Å². The number of hydroxylamine groups is 1. The predicted molar refractivity (Wildman–Crippen MR) is 134 cm³/mol. The lowest BCUT2D eigenvalue weighted by Gasteiger charge is -2.31. The summed E-state index contributed by atoms with van der Waals surface area (Å²) in [7, 11) is 0.276. The fourth-order valence-corrected chi connectivity index (χ4v) is 5.54. The number of carbonyl (C=O) groups is 1. The molecule has 1 aromatic heterocycles. The van der Waals surface area contributed by atoms with Gasteiger partial charge in [0.15, 0.2) is 11.5 Å². The number of benzene rings is 2. The van der Waals surface area contributed by atoms with Gasteiger partial charge in [-0.05, 0) is 55.3 Å². The molecule has 0 spiro atoms. The molecule has 0 aliphatic carbocycles. The summed E-state index contributed by atoms with van der Waals surface area (Å²) in [6.07, 6.45) is 0. The molecule has 1 heterocycles. The molecule has 0 saturated heterocycles. The Morgan fingerprint density at radius 3 is 2.24 bits per heavy atom. The highest BCUT2D eigenvalue weighted by molar-refractivity contribution is 7.89. The molecule has 0 fully saturated rings. The van der Waals surface area contributed by atoms with E-state index in [1.165, 1.54) is 45.6 Å². The number of methoxy groups -OCH3 is 3. The van der Waals surface area contributed by atoms with Crippen molar-refractivity contribution in [3.8, 4) is 28.7 Å². The molecule has 0 saturated carbocycles. The third-order valence-electron chi connectivity index (χ3n) is 5.82. The van der Waals surface area contributed by atoms with Crippen LogP contribution >= 0.6 is 0 Å². The van der Waals surface area contributed by atoms with Gasteiger partial charge in [-0.1, -0.05) is 13.8 Å². The fraction of sp³-hybridized carbons (Fsp3) is 0.360. The van der Waals surface area contributed by atoms with Crippen LogP contribution in [0, 0.1) is 12.8 Å². The zero-order valence-electron chi connectivity index (χ0n) is 21.5. The summed E-state index contributed by atoms with van der Waals surface area (Å²) in [6.45, 7) is 4.73. The Kier molecular flexibility index (Phi) is 8.79. The topological polar surface area (TPSA) is 140 Å². The van der Waals surface area contributed by atoms with Crippen molar-refractivity contribution in [1.82, 2.24) is 14.8 Å². The minimum Gasteiger partial charge on any atom is -0.497 e. The van der Waals surface area contributed by atoms with E-state index in [1.807, 2.05) is 0 Å². The molecule has 0 radical (unpaired) electrons. The first kappa shape index (κ1) is 28.0. The third kappa shape index (κ3) is 5.87. The van der Waals surface area contributed by atoms with Crippen LogP contribution in [0.25, 0.3) is 11.5 Å². The van der Waals surface area contributed by atoms with E-state index >= 15 is 0 Å². The van der Waals surface area contributed by atoms with Gasteiger partial charge in [0.2, 0.25) is 15.9 Å². The lowest BCUT2D eigenvalue weighted by Crippen LogP contribution is -2.51. The van der Waals surface area contributed by atoms with Crippen LogP contribution in [-0.2, 0) is 21.4 Å². The van der Waals surface area contributed by atoms with Gasteiger partial charge in [0.05, 0.1) is 38.5 Å². The molecule has 0 unspecified atom stereocenters. The van der Waals surface area contributed by atoms with E-state index in [9.17, 15) is 18.4 Å². The van der Waals surface area contributed by atoms with Crippen molar-refractivity contribution in [3.05, 3.63) is 53.9 Å². The standard InChI is InChI=1S/C25H31N3O8S/c1-15(2)23(24(29)27-30)28(37(31,32)19-10-8-18(33-4)9-11-19)14-20-16(3)36-25(26-20)17-7-12-21(34-5)22(13-17)35-6/h7-13,15,23,30H,14H2,1-6H3,(H,27,29)/t23-/m1/s1. The van der Waals surface area contributed by atoms with Crippen molar-refractivity contribution in [3.63, 3.8) is 0 Å². The van der Waals surface area contributed by atoms with Crippen LogP contribution in [0.1, 0.15) is 25.3 Å². The van der Waals surface area contributed by atoms with Crippen LogP contribution in [0.5, 0.6) is 17.2 Å². The molecule has 0 bridgehead atoms. The molecular formula is C25H31N3O8S. The molecule has 3 aromatic rings. The number of carbonyl (C=O) groups excluding carboxylic acids is 1. The number of hydrogen-bond acceptors (Lipinski definition) is 9. The first-order chi connectivity index (χ1) is 17.6. The van der Waals surface area contributed by atoms with Gasteiger partial charge in [0.1, 0.15) is 17.6 Å². The molecule has 2 aromatic carbocycles. The van der Waals surface area contributed by atoms with E-state index in [1.54, 1.807) is 44.5 Å². The lowest BCUT2D eigenvalue weighted by atomic mass is 10.0. The maximum Gasteiger partial charge on any atom is 0.262 e. The molecule has 11 nitrogen and oxygen atoms in total. The number of hydrogen-bond donors (Lipinski definition) is 2. The number of nitrogens with one attached hydrogen (secondary N) is 1. The molecule has 37 heavy (non-hydrogen) atoms. The highest BCUT2D eigenvalue weighted by atomic mass is 32.2. The second kappa shape index (κ2) is 11.6. The van der Waals surface area contributed by atoms with E-state index in [4.69, 9.17) is 18.6 Å². The first-order valence-electron chi connectivity index (χ1n) is 11.4. The average Bonchev–Trinajstić information content (AvgIpc) is 3.27. The summed E-state index contributed by atoms with van der Waals surface area (Å²) in [5.41, 5.74) is 2.48. The molecule has 1 amide bonds. The zero-order chi connectivity index (χ0) is 27.3. The van der Waals surface area contributed by atoms with Gasteiger partial charge in [-0.25, -0.2) is 18.9 Å². The van der Waals surface area contributed by atoms with Crippen LogP contribution in [0.2, 0.25) is 0 Å². The van der Waals surface area contributed by atoms with E-state index in [2.05, 4.69) is 4.98 Å². The number of aryl methyl sites for hydroxylation is 1. The molecule has 2 N–H and O–H groups in total. The number of sulfonamides is 1. The molecule has 3 rings (SSSR count). The predicted octanol–water partition coefficient (Wildman–Crippen LogP) is 3.40. The summed E-state index contributed by atoms with van der Waals surface area (Å²) < 4.78 is 50.2. The number of ether oxygens (including phenoxy) is 3. The van der Waals surface area contributed by atoms with Gasteiger partial charge in [0.25, 0.3) is 5.91 Å². The summed E-state index contributed by atoms with van der Waals surface area (Å²) in [5.74, 6) is 0.730. The lowest BCUT2D eigenvalue weighted by molar-refractivity contribution is -0.134. The van der Waals surface area contributed by atoms with Crippen LogP contribution in [-0.4, -0.2) is 56.2 Å². The summed E-state index contributed by atoms with van der Waals surface area (Å²) in [5, 5.41) is 9.38. The molecular weight excluding hydrogens is 502 g/mol. The van der Waals surface area contributed by atoms with Crippen molar-refractivity contribution in [1.29, 1.82) is 0 Å². The van der Waals surface area contributed by atoms with Crippen molar-refractivity contribution in [2.45, 2.75) is 38.3 Å². The number of rotatable bonds is 11. The van der Waals surface area contributed by atoms with Gasteiger partial charge in [-0.2, -0.15) is 4.31 Å². The Bertz CT molecular complexity index is 1340. The highest BCUT2D eigenvalue weighted by Gasteiger charge is 2.39. The second-order valence-electron chi connectivity index (χ2n) is 8.48. The summed E-state index contributed by atoms with van der Waals surface area (Å²) in [4.78, 5) is 17.1. The smallest absolute Gasteiger partial charge is 0.262 e. The number of oxazole rings is 1. The van der Waals surface area contributed by atoms with Crippen LogP contribution < -0.4 is 19.7 Å². The molecule has 0 aliphatic heterocycles. The maximum atomic E-state index is 13.8. The minimum atomic E-state index is -4.23. The van der Waals surface area contributed by atoms with Crippen molar-refractivity contribution in [2.75, 3.05) is 21.3 Å². The van der Waals surface area contributed by atoms with Gasteiger partial charge in [0, 0.05) is 5.56 Å². The number of nitrogens with zero attached hydrogens (tertiary/aromatic N) is 2. The summed E-state index contributed by atoms with van der Waals surface area (Å²) >= 11 is 0. The van der Waals surface area contributed by atoms with Crippen LogP contribution in [0.15, 0.2) is 51.8 Å². The van der Waals surface area contributed by atoms with E-state index in [-0.39, 0.29) is 17.3 Å². The fourth-order valence-electron chi connectivity index (χ4n) is 3.86. The SMILES string of the molecule is COc1ccc(S(=O)(=O)N(Cc2nc(-c3ccc(OC)c(OC)c3)oc2C)[C@@H](C(=O)NO)C(C)C)cc1. The Morgan fingerprint density at radius 1 is 1.05 bits per heavy atom. The van der Waals surface area contributed by atoms with Gasteiger partial charge >= 0.3 is 0 Å². The van der Waals surface area contributed by atoms with Crippen LogP contribution in [0.4, 0.5) is 0 Å². The van der Waals surface area contributed by atoms with E-state index < -0.39 is 27.9 Å². The normalized spacial score (nSPS) is 12.5. The highest BCUT2D eigenvalue weighted by Crippen LogP contribution is 2.33. The quantitative estimate of drug-likeness (QED) is 0.280. The Balaban J connectivity index is 2.08. The Morgan fingerprint density at radius 2 is 1.70 bits per heavy atom. The van der Waals surface area contributed by atoms with Crippen molar-refractivity contribution < 1.29 is 37.0 Å². The molecule has 1 atom stereocenters. The molecule has 0 aliphatic rings. The molecule has 12 heteroatoms. The Hall–Kier alpha value is -3.61. The van der Waals surface area contributed by atoms with Gasteiger partial charge in [-0.3, -0.25) is 10.0 Å².